The van der Waals surface area contributed by atoms with E-state index in [-0.39, 0.29) is 47.4 Å². The standard InChI is InChI=1S/C18H24F3N5O.2ClH/c1-3-26(4-2)10-6-9-23-17(22)25-16(27)15-11-12-13(18(19,20)21)7-5-8-14(12)24-15;;/h5,7-8,11,24H,3-4,6,9-10H2,1-2H3,(H3,22,23,25,27);2*1H. The van der Waals surface area contributed by atoms with Crippen molar-refractivity contribution in [3.63, 3.8) is 0 Å². The van der Waals surface area contributed by atoms with Crippen LogP contribution in [-0.2, 0) is 6.18 Å². The number of H-pyrrole nitrogens is 1. The zero-order chi connectivity index (χ0) is 20.0. The lowest BCUT2D eigenvalue weighted by Crippen LogP contribution is -2.37. The highest BCUT2D eigenvalue weighted by Gasteiger charge is 2.33. The van der Waals surface area contributed by atoms with Crippen LogP contribution in [0.5, 0.6) is 0 Å². The molecule has 11 heteroatoms. The summed E-state index contributed by atoms with van der Waals surface area (Å²) < 4.78 is 39.2. The fourth-order valence-corrected chi connectivity index (χ4v) is 2.78. The van der Waals surface area contributed by atoms with Crippen LogP contribution in [0.1, 0.15) is 36.3 Å². The van der Waals surface area contributed by atoms with Crippen LogP contribution in [0.25, 0.3) is 10.9 Å². The molecule has 0 aliphatic heterocycles. The number of hydrogen-bond donors (Lipinski definition) is 3. The lowest BCUT2D eigenvalue weighted by Gasteiger charge is -2.16. The number of alkyl halides is 3. The number of nitrogens with two attached hydrogens (primary N) is 1. The predicted molar refractivity (Wildman–Crippen MR) is 114 cm³/mol. The fraction of sp³-hybridized carbons (Fsp3) is 0.444. The average molecular weight is 456 g/mol. The normalized spacial score (nSPS) is 11.9. The summed E-state index contributed by atoms with van der Waals surface area (Å²) in [5.74, 6) is -0.696. The second kappa shape index (κ2) is 11.9. The maximum Gasteiger partial charge on any atom is 0.417 e. The number of nitrogens with zero attached hydrogens (tertiary/aromatic N) is 2. The molecule has 1 aromatic carbocycles. The van der Waals surface area contributed by atoms with Crippen LogP contribution < -0.4 is 11.1 Å². The Morgan fingerprint density at radius 2 is 1.90 bits per heavy atom. The lowest BCUT2D eigenvalue weighted by atomic mass is 10.1. The molecular formula is C18H26Cl2F3N5O. The van der Waals surface area contributed by atoms with E-state index in [1.54, 1.807) is 0 Å². The number of fused-ring (bicyclic) bond motifs is 1. The molecule has 0 atom stereocenters. The van der Waals surface area contributed by atoms with Crippen LogP contribution in [-0.4, -0.2) is 47.9 Å². The molecule has 0 unspecified atom stereocenters. The van der Waals surface area contributed by atoms with Gasteiger partial charge in [-0.3, -0.25) is 15.1 Å². The van der Waals surface area contributed by atoms with Gasteiger partial charge in [0.05, 0.1) is 5.56 Å². The molecule has 164 valence electrons. The molecule has 0 fully saturated rings. The van der Waals surface area contributed by atoms with Crippen molar-refractivity contribution in [2.75, 3.05) is 26.2 Å². The molecule has 29 heavy (non-hydrogen) atoms. The lowest BCUT2D eigenvalue weighted by molar-refractivity contribution is -0.136. The number of aromatic nitrogens is 1. The Kier molecular flexibility index (Phi) is 11.1. The minimum Gasteiger partial charge on any atom is -0.370 e. The molecule has 1 aromatic heterocycles. The van der Waals surface area contributed by atoms with Gasteiger partial charge in [0.1, 0.15) is 5.69 Å². The van der Waals surface area contributed by atoms with Gasteiger partial charge in [-0.1, -0.05) is 19.9 Å². The summed E-state index contributed by atoms with van der Waals surface area (Å²) in [4.78, 5) is 21.2. The molecule has 1 heterocycles. The van der Waals surface area contributed by atoms with Crippen LogP contribution in [0.3, 0.4) is 0 Å². The average Bonchev–Trinajstić information content (AvgIpc) is 3.05. The number of carbonyl (C=O) groups is 1. The van der Waals surface area contributed by atoms with E-state index in [1.165, 1.54) is 18.2 Å². The van der Waals surface area contributed by atoms with Crippen molar-refractivity contribution in [3.05, 3.63) is 35.5 Å². The second-order valence-electron chi connectivity index (χ2n) is 6.05. The molecule has 0 saturated carbocycles. The Hall–Kier alpha value is -1.97. The first-order valence-corrected chi connectivity index (χ1v) is 8.78. The van der Waals surface area contributed by atoms with E-state index in [2.05, 4.69) is 34.0 Å². The Morgan fingerprint density at radius 3 is 2.48 bits per heavy atom. The van der Waals surface area contributed by atoms with Crippen molar-refractivity contribution in [2.24, 2.45) is 10.7 Å². The number of guanidine groups is 1. The number of aromatic amines is 1. The maximum absolute atomic E-state index is 13.1. The Bertz CT molecular complexity index is 819. The number of nitrogens with one attached hydrogen (secondary N) is 2. The molecule has 0 spiro atoms. The van der Waals surface area contributed by atoms with Gasteiger partial charge < -0.3 is 15.6 Å². The SMILES string of the molecule is CCN(CC)CCCN=C(N)NC(=O)c1cc2c(C(F)(F)F)cccc2[nH]1.Cl.Cl. The number of rotatable bonds is 7. The van der Waals surface area contributed by atoms with Gasteiger partial charge in [-0.2, -0.15) is 13.2 Å². The fourth-order valence-electron chi connectivity index (χ4n) is 2.78. The highest BCUT2D eigenvalue weighted by atomic mass is 35.5. The number of carbonyl (C=O) groups excluding carboxylic acids is 1. The summed E-state index contributed by atoms with van der Waals surface area (Å²) in [5, 5.41) is 2.33. The molecule has 2 rings (SSSR count). The number of halogens is 5. The van der Waals surface area contributed by atoms with Crippen LogP contribution in [0.4, 0.5) is 13.2 Å². The minimum absolute atomic E-state index is 0. The van der Waals surface area contributed by atoms with E-state index in [9.17, 15) is 18.0 Å². The van der Waals surface area contributed by atoms with Crippen LogP contribution in [0.2, 0.25) is 0 Å². The second-order valence-corrected chi connectivity index (χ2v) is 6.05. The molecule has 0 bridgehead atoms. The van der Waals surface area contributed by atoms with Gasteiger partial charge in [-0.05, 0) is 44.3 Å². The number of hydrogen-bond acceptors (Lipinski definition) is 3. The highest BCUT2D eigenvalue weighted by Crippen LogP contribution is 2.34. The largest absolute Gasteiger partial charge is 0.417 e. The Labute approximate surface area is 179 Å². The molecule has 4 N–H and O–H groups in total. The van der Waals surface area contributed by atoms with E-state index in [0.717, 1.165) is 32.1 Å². The van der Waals surface area contributed by atoms with Crippen molar-refractivity contribution in [1.29, 1.82) is 0 Å². The molecule has 0 aliphatic rings. The number of aliphatic imine (C=N–C) groups is 1. The minimum atomic E-state index is -4.50. The summed E-state index contributed by atoms with van der Waals surface area (Å²) >= 11 is 0. The van der Waals surface area contributed by atoms with Gasteiger partial charge in [0.15, 0.2) is 5.96 Å². The number of benzene rings is 1. The maximum atomic E-state index is 13.1. The van der Waals surface area contributed by atoms with Crippen LogP contribution in [0.15, 0.2) is 29.3 Å². The summed E-state index contributed by atoms with van der Waals surface area (Å²) in [6, 6.07) is 4.91. The zero-order valence-electron chi connectivity index (χ0n) is 16.2. The van der Waals surface area contributed by atoms with Gasteiger partial charge in [-0.15, -0.1) is 24.8 Å². The van der Waals surface area contributed by atoms with Crippen LogP contribution >= 0.6 is 24.8 Å². The monoisotopic (exact) mass is 455 g/mol. The molecule has 0 radical (unpaired) electrons. The first kappa shape index (κ1) is 27.0. The van der Waals surface area contributed by atoms with Gasteiger partial charge in [0.25, 0.3) is 5.91 Å². The Balaban J connectivity index is 0.00000392. The van der Waals surface area contributed by atoms with Crippen molar-refractivity contribution < 1.29 is 18.0 Å². The first-order chi connectivity index (χ1) is 12.8. The summed E-state index contributed by atoms with van der Waals surface area (Å²) in [7, 11) is 0. The molecular weight excluding hydrogens is 430 g/mol. The summed E-state index contributed by atoms with van der Waals surface area (Å²) in [6.45, 7) is 7.38. The van der Waals surface area contributed by atoms with E-state index in [4.69, 9.17) is 5.73 Å². The van der Waals surface area contributed by atoms with Gasteiger partial charge in [-0.25, -0.2) is 0 Å². The first-order valence-electron chi connectivity index (χ1n) is 8.78. The van der Waals surface area contributed by atoms with Gasteiger partial charge in [0, 0.05) is 17.4 Å². The predicted octanol–water partition coefficient (Wildman–Crippen LogP) is 3.81. The van der Waals surface area contributed by atoms with E-state index < -0.39 is 17.6 Å². The highest BCUT2D eigenvalue weighted by molar-refractivity contribution is 6.06. The molecule has 0 aliphatic carbocycles. The number of amides is 1. The van der Waals surface area contributed by atoms with Crippen molar-refractivity contribution >= 4 is 47.6 Å². The van der Waals surface area contributed by atoms with E-state index >= 15 is 0 Å². The third-order valence-electron chi connectivity index (χ3n) is 4.26. The molecule has 2 aromatic rings. The van der Waals surface area contributed by atoms with Crippen LogP contribution in [0, 0.1) is 0 Å². The van der Waals surface area contributed by atoms with E-state index in [0.29, 0.717) is 6.54 Å². The third-order valence-corrected chi connectivity index (χ3v) is 4.26. The van der Waals surface area contributed by atoms with Crippen molar-refractivity contribution in [2.45, 2.75) is 26.4 Å². The smallest absolute Gasteiger partial charge is 0.370 e. The quantitative estimate of drug-likeness (QED) is 0.337. The van der Waals surface area contributed by atoms with E-state index in [1.807, 2.05) is 0 Å². The Morgan fingerprint density at radius 1 is 1.24 bits per heavy atom. The van der Waals surface area contributed by atoms with Crippen molar-refractivity contribution in [3.8, 4) is 0 Å². The third kappa shape index (κ3) is 7.41. The van der Waals surface area contributed by atoms with Crippen molar-refractivity contribution in [1.82, 2.24) is 15.2 Å². The summed E-state index contributed by atoms with van der Waals surface area (Å²) in [6.07, 6.45) is -3.71. The molecule has 0 saturated heterocycles. The topological polar surface area (TPSA) is 86.5 Å². The summed E-state index contributed by atoms with van der Waals surface area (Å²) in [5.41, 5.74) is 5.12. The van der Waals surface area contributed by atoms with Gasteiger partial charge >= 0.3 is 6.18 Å². The van der Waals surface area contributed by atoms with Gasteiger partial charge in [0.2, 0.25) is 0 Å². The molecule has 1 amide bonds. The molecule has 6 nitrogen and oxygen atoms in total. The zero-order valence-corrected chi connectivity index (χ0v) is 17.8.